The van der Waals surface area contributed by atoms with Gasteiger partial charge >= 0.3 is 5.97 Å². The first kappa shape index (κ1) is 24.6. The number of morpholine rings is 1. The number of nitrogens with zero attached hydrogens (tertiary/aromatic N) is 2. The molecule has 34 heavy (non-hydrogen) atoms. The van der Waals surface area contributed by atoms with Crippen molar-refractivity contribution in [2.45, 2.75) is 24.3 Å². The number of hydrogen-bond donors (Lipinski definition) is 3. The predicted octanol–water partition coefficient (Wildman–Crippen LogP) is 5.26. The van der Waals surface area contributed by atoms with Crippen LogP contribution in [-0.2, 0) is 15.1 Å². The van der Waals surface area contributed by atoms with Crippen LogP contribution < -0.4 is 5.32 Å². The van der Waals surface area contributed by atoms with E-state index in [0.29, 0.717) is 35.0 Å². The first-order chi connectivity index (χ1) is 16.2. The number of carboxylic acid groups (broad SMARTS) is 1. The lowest BCUT2D eigenvalue weighted by molar-refractivity contribution is 0.0172. The number of methoxy groups -OCH3 is 1. The van der Waals surface area contributed by atoms with E-state index in [4.69, 9.17) is 21.1 Å². The van der Waals surface area contributed by atoms with E-state index in [1.807, 2.05) is 6.07 Å². The van der Waals surface area contributed by atoms with E-state index in [2.05, 4.69) is 14.6 Å². The smallest absolute Gasteiger partial charge is 0.341 e. The fourth-order valence-corrected chi connectivity index (χ4v) is 4.90. The third-order valence-electron chi connectivity index (χ3n) is 5.80. The zero-order valence-corrected chi connectivity index (χ0v) is 20.7. The Balaban J connectivity index is 1.84. The molecule has 0 radical (unpaired) electrons. The molecule has 1 aliphatic rings. The summed E-state index contributed by atoms with van der Waals surface area (Å²) in [6, 6.07) is 8.66. The van der Waals surface area contributed by atoms with Gasteiger partial charge in [-0.2, -0.15) is 0 Å². The fourth-order valence-electron chi connectivity index (χ4n) is 3.76. The number of benzene rings is 2. The Morgan fingerprint density at radius 1 is 1.26 bits per heavy atom. The Morgan fingerprint density at radius 3 is 2.68 bits per heavy atom. The number of aromatic hydroxyl groups is 1. The highest BCUT2D eigenvalue weighted by Gasteiger charge is 2.29. The number of rotatable bonds is 7. The molecule has 1 aromatic heterocycles. The summed E-state index contributed by atoms with van der Waals surface area (Å²) in [7, 11) is 1.51. The highest BCUT2D eigenvalue weighted by molar-refractivity contribution is 7.97. The summed E-state index contributed by atoms with van der Waals surface area (Å²) in [6.45, 7) is 6.29. The lowest BCUT2D eigenvalue weighted by Crippen LogP contribution is -2.31. The molecule has 1 aliphatic heterocycles. The monoisotopic (exact) mass is 503 g/mol. The molecular formula is C24H26ClN3O5S. The molecule has 3 aromatic rings. The Kier molecular flexibility index (Phi) is 7.20. The van der Waals surface area contributed by atoms with Gasteiger partial charge < -0.3 is 25.0 Å². The van der Waals surface area contributed by atoms with E-state index in [0.717, 1.165) is 23.4 Å². The zero-order chi connectivity index (χ0) is 24.5. The molecule has 10 heteroatoms. The lowest BCUT2D eigenvalue weighted by atomic mass is 9.93. The van der Waals surface area contributed by atoms with E-state index in [9.17, 15) is 15.0 Å². The van der Waals surface area contributed by atoms with Crippen LogP contribution in [0.25, 0.3) is 10.9 Å². The van der Waals surface area contributed by atoms with Crippen molar-refractivity contribution in [2.75, 3.05) is 38.7 Å². The number of ether oxygens (including phenoxy) is 2. The maximum absolute atomic E-state index is 12.2. The van der Waals surface area contributed by atoms with Gasteiger partial charge in [0.25, 0.3) is 0 Å². The van der Waals surface area contributed by atoms with E-state index < -0.39 is 11.6 Å². The summed E-state index contributed by atoms with van der Waals surface area (Å²) in [6.07, 6.45) is 1.75. The van der Waals surface area contributed by atoms with Crippen LogP contribution >= 0.6 is 23.5 Å². The van der Waals surface area contributed by atoms with Crippen LogP contribution in [0.4, 0.5) is 11.4 Å². The molecular weight excluding hydrogens is 478 g/mol. The molecule has 180 valence electrons. The predicted molar refractivity (Wildman–Crippen MR) is 133 cm³/mol. The molecule has 2 heterocycles. The number of fused-ring (bicyclic) bond motifs is 1. The molecule has 2 aromatic carbocycles. The molecule has 1 fully saturated rings. The molecule has 3 N–H and O–H groups in total. The summed E-state index contributed by atoms with van der Waals surface area (Å²) in [4.78, 5) is 17.6. The first-order valence-corrected chi connectivity index (χ1v) is 11.9. The molecule has 0 amide bonds. The van der Waals surface area contributed by atoms with Gasteiger partial charge in [0.15, 0.2) is 0 Å². The average Bonchev–Trinajstić information content (AvgIpc) is 2.81. The van der Waals surface area contributed by atoms with Gasteiger partial charge in [-0.25, -0.2) is 9.10 Å². The minimum Gasteiger partial charge on any atom is -0.507 e. The molecule has 0 unspecified atom stereocenters. The molecule has 4 rings (SSSR count). The third kappa shape index (κ3) is 4.94. The maximum atomic E-state index is 12.2. The summed E-state index contributed by atoms with van der Waals surface area (Å²) in [5.41, 5.74) is 0.875. The van der Waals surface area contributed by atoms with Crippen molar-refractivity contribution in [3.8, 4) is 5.75 Å². The number of carboxylic acids is 1. The summed E-state index contributed by atoms with van der Waals surface area (Å²) in [5, 5.41) is 25.4. The Bertz CT molecular complexity index is 1230. The minimum absolute atomic E-state index is 0.239. The van der Waals surface area contributed by atoms with Gasteiger partial charge in [-0.05, 0) is 50.1 Å². The Labute approximate surface area is 207 Å². The second kappa shape index (κ2) is 9.97. The van der Waals surface area contributed by atoms with Gasteiger partial charge in [0, 0.05) is 42.4 Å². The molecule has 0 saturated carbocycles. The zero-order valence-electron chi connectivity index (χ0n) is 19.1. The number of hydrogen-bond acceptors (Lipinski definition) is 8. The maximum Gasteiger partial charge on any atom is 0.341 e. The average molecular weight is 504 g/mol. The second-order valence-corrected chi connectivity index (χ2v) is 9.90. The van der Waals surface area contributed by atoms with Gasteiger partial charge in [-0.3, -0.25) is 4.98 Å². The number of pyridine rings is 1. The Morgan fingerprint density at radius 2 is 2.00 bits per heavy atom. The normalized spacial score (nSPS) is 14.9. The van der Waals surface area contributed by atoms with Crippen molar-refractivity contribution in [2.24, 2.45) is 0 Å². The fraction of sp³-hybridized carbons (Fsp3) is 0.333. The molecule has 8 nitrogen and oxygen atoms in total. The number of phenols is 1. The van der Waals surface area contributed by atoms with E-state index in [1.165, 1.54) is 19.1 Å². The molecule has 0 bridgehead atoms. The lowest BCUT2D eigenvalue weighted by Gasteiger charge is -2.27. The van der Waals surface area contributed by atoms with Crippen LogP contribution in [0.1, 0.15) is 29.8 Å². The van der Waals surface area contributed by atoms with E-state index in [1.54, 1.807) is 44.3 Å². The molecule has 0 aliphatic carbocycles. The van der Waals surface area contributed by atoms with Gasteiger partial charge in [0.2, 0.25) is 0 Å². The summed E-state index contributed by atoms with van der Waals surface area (Å²) in [5.74, 6) is -1.60. The van der Waals surface area contributed by atoms with Gasteiger partial charge in [0.1, 0.15) is 11.3 Å². The van der Waals surface area contributed by atoms with Crippen LogP contribution in [0.15, 0.2) is 41.4 Å². The first-order valence-electron chi connectivity index (χ1n) is 10.7. The van der Waals surface area contributed by atoms with E-state index >= 15 is 0 Å². The van der Waals surface area contributed by atoms with E-state index in [-0.39, 0.29) is 17.0 Å². The standard InChI is InChI=1S/C24H26ClN3O5S/c1-24(2,32-3)16-5-7-18(20(22(16)29)23(30)31)27-21-15-12-14(25)4-6-17(15)26-13-19(21)34-28-8-10-33-11-9-28/h4-7,12-13,29H,8-11H2,1-3H3,(H,26,27)(H,30,31). The SMILES string of the molecule is COC(C)(C)c1ccc(Nc2c(SN3CCOCC3)cnc3ccc(Cl)cc23)c(C(=O)O)c1O. The van der Waals surface area contributed by atoms with Crippen molar-refractivity contribution in [3.05, 3.63) is 52.7 Å². The quantitative estimate of drug-likeness (QED) is 0.372. The van der Waals surface area contributed by atoms with Crippen molar-refractivity contribution < 1.29 is 24.5 Å². The number of aromatic nitrogens is 1. The van der Waals surface area contributed by atoms with Crippen LogP contribution in [0.2, 0.25) is 5.02 Å². The molecule has 0 atom stereocenters. The highest BCUT2D eigenvalue weighted by Crippen LogP contribution is 2.42. The number of aromatic carboxylic acids is 1. The van der Waals surface area contributed by atoms with Gasteiger partial charge in [-0.15, -0.1) is 0 Å². The Hall–Kier alpha value is -2.56. The van der Waals surface area contributed by atoms with Gasteiger partial charge in [-0.1, -0.05) is 17.7 Å². The second-order valence-electron chi connectivity index (χ2n) is 8.32. The van der Waals surface area contributed by atoms with Crippen molar-refractivity contribution in [3.63, 3.8) is 0 Å². The van der Waals surface area contributed by atoms with Crippen LogP contribution in [0.5, 0.6) is 5.75 Å². The number of carbonyl (C=O) groups is 1. The van der Waals surface area contributed by atoms with Crippen LogP contribution in [-0.4, -0.2) is 58.9 Å². The third-order valence-corrected chi connectivity index (χ3v) is 7.17. The van der Waals surface area contributed by atoms with Crippen LogP contribution in [0, 0.1) is 0 Å². The number of nitrogens with one attached hydrogen (secondary N) is 1. The number of anilines is 2. The van der Waals surface area contributed by atoms with Gasteiger partial charge in [0.05, 0.1) is 40.6 Å². The minimum atomic E-state index is -1.26. The topological polar surface area (TPSA) is 104 Å². The van der Waals surface area contributed by atoms with Crippen molar-refractivity contribution in [1.29, 1.82) is 0 Å². The molecule has 0 spiro atoms. The van der Waals surface area contributed by atoms with Crippen molar-refractivity contribution in [1.82, 2.24) is 9.29 Å². The largest absolute Gasteiger partial charge is 0.507 e. The number of halogens is 1. The summed E-state index contributed by atoms with van der Waals surface area (Å²) >= 11 is 7.81. The highest BCUT2D eigenvalue weighted by atomic mass is 35.5. The summed E-state index contributed by atoms with van der Waals surface area (Å²) < 4.78 is 13.1. The molecule has 1 saturated heterocycles. The van der Waals surface area contributed by atoms with Crippen LogP contribution in [0.3, 0.4) is 0 Å². The van der Waals surface area contributed by atoms with Crippen molar-refractivity contribution >= 4 is 51.8 Å².